The zero-order valence-electron chi connectivity index (χ0n) is 20.7. The number of hydrogen-bond donors (Lipinski definition) is 3. The Hall–Kier alpha value is -3.64. The second-order valence-electron chi connectivity index (χ2n) is 8.96. The van der Waals surface area contributed by atoms with E-state index in [1.165, 1.54) is 5.56 Å². The molecular formula is C29H36N4O2. The number of amidine groups is 1. The van der Waals surface area contributed by atoms with Crippen LogP contribution in [0.15, 0.2) is 78.9 Å². The van der Waals surface area contributed by atoms with Gasteiger partial charge in [0.25, 0.3) is 0 Å². The Balaban J connectivity index is 1.57. The van der Waals surface area contributed by atoms with Gasteiger partial charge in [0, 0.05) is 30.1 Å². The van der Waals surface area contributed by atoms with E-state index in [-0.39, 0.29) is 18.3 Å². The van der Waals surface area contributed by atoms with Crippen LogP contribution in [-0.4, -0.2) is 31.4 Å². The molecule has 0 aliphatic rings. The van der Waals surface area contributed by atoms with E-state index in [1.807, 2.05) is 65.6 Å². The number of benzene rings is 3. The maximum atomic E-state index is 12.9. The highest BCUT2D eigenvalue weighted by Gasteiger charge is 2.13. The number of carbonyl (C=O) groups is 1. The Morgan fingerprint density at radius 3 is 2.43 bits per heavy atom. The van der Waals surface area contributed by atoms with Crippen LogP contribution in [0.2, 0.25) is 0 Å². The first-order valence-corrected chi connectivity index (χ1v) is 12.1. The van der Waals surface area contributed by atoms with Crippen molar-refractivity contribution in [2.45, 2.75) is 39.2 Å². The highest BCUT2D eigenvalue weighted by Crippen LogP contribution is 2.19. The molecule has 0 spiro atoms. The summed E-state index contributed by atoms with van der Waals surface area (Å²) in [6.07, 6.45) is 1.75. The lowest BCUT2D eigenvalue weighted by atomic mass is 10.0. The number of amides is 1. The Morgan fingerprint density at radius 2 is 1.74 bits per heavy atom. The first-order chi connectivity index (χ1) is 16.9. The van der Waals surface area contributed by atoms with Crippen LogP contribution in [0, 0.1) is 5.41 Å². The Bertz CT molecular complexity index is 1080. The molecule has 6 heteroatoms. The van der Waals surface area contributed by atoms with Gasteiger partial charge < -0.3 is 20.7 Å². The van der Waals surface area contributed by atoms with Crippen molar-refractivity contribution in [2.75, 3.05) is 29.9 Å². The molecular weight excluding hydrogens is 436 g/mol. The number of nitrogens with two attached hydrogens (primary N) is 1. The first-order valence-electron chi connectivity index (χ1n) is 12.1. The van der Waals surface area contributed by atoms with Gasteiger partial charge in [0.1, 0.15) is 5.84 Å². The van der Waals surface area contributed by atoms with Gasteiger partial charge in [-0.15, -0.1) is 0 Å². The fourth-order valence-electron chi connectivity index (χ4n) is 3.77. The van der Waals surface area contributed by atoms with Crippen molar-refractivity contribution in [3.8, 4) is 0 Å². The number of nitrogens with one attached hydrogen (secondary N) is 2. The third-order valence-electron chi connectivity index (χ3n) is 5.80. The molecule has 0 radical (unpaired) electrons. The molecule has 35 heavy (non-hydrogen) atoms. The van der Waals surface area contributed by atoms with Crippen molar-refractivity contribution in [1.29, 1.82) is 5.41 Å². The number of carbonyl (C=O) groups excluding carboxylic acids is 1. The molecule has 0 aliphatic heterocycles. The van der Waals surface area contributed by atoms with Gasteiger partial charge in [0.05, 0.1) is 13.2 Å². The number of hydrogen-bond acceptors (Lipinski definition) is 4. The van der Waals surface area contributed by atoms with Crippen LogP contribution >= 0.6 is 0 Å². The predicted molar refractivity (Wildman–Crippen MR) is 144 cm³/mol. The molecule has 0 saturated carbocycles. The lowest BCUT2D eigenvalue weighted by molar-refractivity contribution is -0.115. The minimum atomic E-state index is -0.0872. The van der Waals surface area contributed by atoms with Crippen molar-refractivity contribution in [2.24, 2.45) is 5.73 Å². The van der Waals surface area contributed by atoms with E-state index in [4.69, 9.17) is 15.9 Å². The number of rotatable bonds is 13. The summed E-state index contributed by atoms with van der Waals surface area (Å²) in [6.45, 7) is 6.45. The molecule has 0 atom stereocenters. The maximum absolute atomic E-state index is 12.9. The second-order valence-corrected chi connectivity index (χ2v) is 8.96. The van der Waals surface area contributed by atoms with Crippen molar-refractivity contribution in [3.63, 3.8) is 0 Å². The van der Waals surface area contributed by atoms with Gasteiger partial charge in [-0.25, -0.2) is 0 Å². The van der Waals surface area contributed by atoms with E-state index in [0.717, 1.165) is 29.8 Å². The normalized spacial score (nSPS) is 10.8. The van der Waals surface area contributed by atoms with E-state index < -0.39 is 0 Å². The van der Waals surface area contributed by atoms with Crippen LogP contribution in [0.4, 0.5) is 11.4 Å². The fraction of sp³-hybridized carbons (Fsp3) is 0.310. The van der Waals surface area contributed by atoms with Gasteiger partial charge in [-0.2, -0.15) is 0 Å². The van der Waals surface area contributed by atoms with Gasteiger partial charge in [0.2, 0.25) is 5.91 Å². The quantitative estimate of drug-likeness (QED) is 0.173. The molecule has 0 aliphatic carbocycles. The summed E-state index contributed by atoms with van der Waals surface area (Å²) in [5.41, 5.74) is 10.4. The molecule has 0 unspecified atom stereocenters. The lowest BCUT2D eigenvalue weighted by Gasteiger charge is -2.25. The summed E-state index contributed by atoms with van der Waals surface area (Å²) in [5.74, 6) is 0.368. The Morgan fingerprint density at radius 1 is 1.00 bits per heavy atom. The summed E-state index contributed by atoms with van der Waals surface area (Å²) in [6, 6.07) is 25.6. The van der Waals surface area contributed by atoms with Crippen molar-refractivity contribution in [1.82, 2.24) is 0 Å². The number of nitrogens with zero attached hydrogens (tertiary/aromatic N) is 1. The molecule has 6 nitrogen and oxygen atoms in total. The predicted octanol–water partition coefficient (Wildman–Crippen LogP) is 5.54. The third-order valence-corrected chi connectivity index (χ3v) is 5.80. The Kier molecular flexibility index (Phi) is 9.87. The van der Waals surface area contributed by atoms with Crippen LogP contribution in [-0.2, 0) is 16.1 Å². The monoisotopic (exact) mass is 472 g/mol. The van der Waals surface area contributed by atoms with Gasteiger partial charge in [-0.3, -0.25) is 10.2 Å². The smallest absolute Gasteiger partial charge is 0.243 e. The molecule has 184 valence electrons. The van der Waals surface area contributed by atoms with E-state index in [0.29, 0.717) is 31.2 Å². The van der Waals surface area contributed by atoms with Crippen LogP contribution in [0.1, 0.15) is 49.3 Å². The van der Waals surface area contributed by atoms with Gasteiger partial charge in [-0.05, 0) is 54.2 Å². The van der Waals surface area contributed by atoms with Gasteiger partial charge in [-0.1, -0.05) is 68.4 Å². The SMILES string of the molecule is CC(C)c1ccc(NC(=O)CN(CCCCOCc2ccccc2)c2cccc(C(=N)N)c2)cc1. The van der Waals surface area contributed by atoms with Crippen molar-refractivity contribution >= 4 is 23.1 Å². The summed E-state index contributed by atoms with van der Waals surface area (Å²) in [4.78, 5) is 14.9. The molecule has 1 amide bonds. The summed E-state index contributed by atoms with van der Waals surface area (Å²) in [5, 5.41) is 10.8. The van der Waals surface area contributed by atoms with Crippen molar-refractivity contribution < 1.29 is 9.53 Å². The van der Waals surface area contributed by atoms with Crippen LogP contribution in [0.5, 0.6) is 0 Å². The maximum Gasteiger partial charge on any atom is 0.243 e. The van der Waals surface area contributed by atoms with Gasteiger partial charge >= 0.3 is 0 Å². The van der Waals surface area contributed by atoms with Crippen molar-refractivity contribution in [3.05, 3.63) is 95.6 Å². The number of anilines is 2. The highest BCUT2D eigenvalue weighted by atomic mass is 16.5. The van der Waals surface area contributed by atoms with Crippen LogP contribution in [0.25, 0.3) is 0 Å². The summed E-state index contributed by atoms with van der Waals surface area (Å²) >= 11 is 0. The fourth-order valence-corrected chi connectivity index (χ4v) is 3.77. The molecule has 0 heterocycles. The zero-order valence-corrected chi connectivity index (χ0v) is 20.7. The molecule has 4 N–H and O–H groups in total. The van der Waals surface area contributed by atoms with E-state index in [1.54, 1.807) is 6.07 Å². The molecule has 0 bridgehead atoms. The average Bonchev–Trinajstić information content (AvgIpc) is 2.86. The molecule has 3 aromatic rings. The summed E-state index contributed by atoms with van der Waals surface area (Å²) < 4.78 is 5.80. The average molecular weight is 473 g/mol. The molecule has 3 rings (SSSR count). The minimum Gasteiger partial charge on any atom is -0.384 e. The van der Waals surface area contributed by atoms with Crippen LogP contribution < -0.4 is 16.0 Å². The highest BCUT2D eigenvalue weighted by molar-refractivity contribution is 5.97. The molecule has 0 saturated heterocycles. The summed E-state index contributed by atoms with van der Waals surface area (Å²) in [7, 11) is 0. The zero-order chi connectivity index (χ0) is 25.0. The molecule has 0 aromatic heterocycles. The third kappa shape index (κ3) is 8.58. The molecule has 3 aromatic carbocycles. The van der Waals surface area contributed by atoms with E-state index in [2.05, 4.69) is 31.3 Å². The van der Waals surface area contributed by atoms with E-state index >= 15 is 0 Å². The minimum absolute atomic E-state index is 0.0100. The number of unbranched alkanes of at least 4 members (excludes halogenated alkanes) is 1. The molecule has 0 fully saturated rings. The van der Waals surface area contributed by atoms with Crippen LogP contribution in [0.3, 0.4) is 0 Å². The number of ether oxygens (including phenoxy) is 1. The standard InChI is InChI=1S/C29H36N4O2/c1-22(2)24-13-15-26(16-14-24)32-28(34)20-33(27-12-8-11-25(19-27)29(30)31)17-6-7-18-35-21-23-9-4-3-5-10-23/h3-5,8-16,19,22H,6-7,17-18,20-21H2,1-2H3,(H3,30,31)(H,32,34). The lowest BCUT2D eigenvalue weighted by Crippen LogP contribution is -2.34. The first kappa shape index (κ1) is 26.0. The van der Waals surface area contributed by atoms with E-state index in [9.17, 15) is 4.79 Å². The second kappa shape index (κ2) is 13.3. The topological polar surface area (TPSA) is 91.4 Å². The van der Waals surface area contributed by atoms with Gasteiger partial charge in [0.15, 0.2) is 0 Å². The number of nitrogen functional groups attached to an aromatic ring is 1. The Labute approximate surface area is 208 Å². The largest absolute Gasteiger partial charge is 0.384 e.